The maximum absolute atomic E-state index is 5.55. The van der Waals surface area contributed by atoms with Crippen LogP contribution in [0.3, 0.4) is 0 Å². The van der Waals surface area contributed by atoms with Crippen LogP contribution in [0.1, 0.15) is 31.3 Å². The standard InChI is InChI=1S/C9H16BrN3/c1-6(2)13-8(4-5-11)9(10)7(3)12-13/h6H,4-5,11H2,1-3H3. The molecule has 1 aromatic rings. The summed E-state index contributed by atoms with van der Waals surface area (Å²) in [5, 5.41) is 4.44. The number of hydrogen-bond acceptors (Lipinski definition) is 2. The lowest BCUT2D eigenvalue weighted by molar-refractivity contribution is 0.506. The van der Waals surface area contributed by atoms with Gasteiger partial charge in [0.25, 0.3) is 0 Å². The second-order valence-corrected chi connectivity index (χ2v) is 4.22. The Kier molecular flexibility index (Phi) is 3.50. The fraction of sp³-hybridized carbons (Fsp3) is 0.667. The van der Waals surface area contributed by atoms with E-state index < -0.39 is 0 Å². The maximum atomic E-state index is 5.55. The summed E-state index contributed by atoms with van der Waals surface area (Å²) in [6, 6.07) is 0.395. The van der Waals surface area contributed by atoms with Crippen molar-refractivity contribution >= 4 is 15.9 Å². The Morgan fingerprint density at radius 2 is 2.15 bits per heavy atom. The number of nitrogens with zero attached hydrogens (tertiary/aromatic N) is 2. The lowest BCUT2D eigenvalue weighted by Gasteiger charge is -2.10. The molecule has 1 heterocycles. The van der Waals surface area contributed by atoms with Gasteiger partial charge in [0.1, 0.15) is 0 Å². The number of aromatic nitrogens is 2. The zero-order chi connectivity index (χ0) is 10.0. The van der Waals surface area contributed by atoms with Gasteiger partial charge >= 0.3 is 0 Å². The van der Waals surface area contributed by atoms with Crippen LogP contribution in [0.4, 0.5) is 0 Å². The zero-order valence-electron chi connectivity index (χ0n) is 8.34. The number of rotatable bonds is 3. The molecule has 0 saturated carbocycles. The Morgan fingerprint density at radius 3 is 2.62 bits per heavy atom. The molecule has 0 radical (unpaired) electrons. The summed E-state index contributed by atoms with van der Waals surface area (Å²) in [7, 11) is 0. The van der Waals surface area contributed by atoms with Crippen molar-refractivity contribution in [2.24, 2.45) is 5.73 Å². The van der Waals surface area contributed by atoms with Crippen LogP contribution >= 0.6 is 15.9 Å². The first kappa shape index (κ1) is 10.7. The topological polar surface area (TPSA) is 43.8 Å². The zero-order valence-corrected chi connectivity index (χ0v) is 9.93. The van der Waals surface area contributed by atoms with E-state index in [9.17, 15) is 0 Å². The summed E-state index contributed by atoms with van der Waals surface area (Å²) in [4.78, 5) is 0. The predicted molar refractivity (Wildman–Crippen MR) is 57.8 cm³/mol. The van der Waals surface area contributed by atoms with Gasteiger partial charge in [-0.05, 0) is 43.2 Å². The molecule has 0 fully saturated rings. The lowest BCUT2D eigenvalue weighted by Crippen LogP contribution is -2.12. The van der Waals surface area contributed by atoms with Gasteiger partial charge in [-0.15, -0.1) is 0 Å². The minimum atomic E-state index is 0.395. The van der Waals surface area contributed by atoms with Crippen LogP contribution in [-0.2, 0) is 6.42 Å². The normalized spacial score (nSPS) is 11.2. The number of aryl methyl sites for hydroxylation is 1. The van der Waals surface area contributed by atoms with Crippen molar-refractivity contribution in [3.63, 3.8) is 0 Å². The molecule has 4 heteroatoms. The molecule has 0 amide bonds. The molecule has 2 N–H and O–H groups in total. The minimum Gasteiger partial charge on any atom is -0.330 e. The van der Waals surface area contributed by atoms with Gasteiger partial charge in [0.05, 0.1) is 15.9 Å². The number of hydrogen-bond donors (Lipinski definition) is 1. The first-order valence-electron chi connectivity index (χ1n) is 4.51. The Bertz CT molecular complexity index is 291. The summed E-state index contributed by atoms with van der Waals surface area (Å²) in [6.45, 7) is 6.91. The average molecular weight is 246 g/mol. The molecule has 0 spiro atoms. The van der Waals surface area contributed by atoms with E-state index in [4.69, 9.17) is 5.73 Å². The van der Waals surface area contributed by atoms with Gasteiger partial charge in [0, 0.05) is 12.5 Å². The molecule has 0 atom stereocenters. The third kappa shape index (κ3) is 2.11. The SMILES string of the molecule is Cc1nn(C(C)C)c(CCN)c1Br. The first-order chi connectivity index (χ1) is 6.07. The monoisotopic (exact) mass is 245 g/mol. The Hall–Kier alpha value is -0.350. The van der Waals surface area contributed by atoms with Gasteiger partial charge in [-0.1, -0.05) is 0 Å². The molecule has 0 aliphatic heterocycles. The van der Waals surface area contributed by atoms with Crippen LogP contribution < -0.4 is 5.73 Å². The van der Waals surface area contributed by atoms with Crippen molar-refractivity contribution in [3.05, 3.63) is 15.9 Å². The van der Waals surface area contributed by atoms with Crippen molar-refractivity contribution in [2.75, 3.05) is 6.54 Å². The van der Waals surface area contributed by atoms with E-state index in [1.54, 1.807) is 0 Å². The average Bonchev–Trinajstić information content (AvgIpc) is 2.33. The van der Waals surface area contributed by atoms with Gasteiger partial charge in [-0.25, -0.2) is 0 Å². The molecule has 0 bridgehead atoms. The Balaban J connectivity index is 3.11. The van der Waals surface area contributed by atoms with Gasteiger partial charge in [0.2, 0.25) is 0 Å². The fourth-order valence-electron chi connectivity index (χ4n) is 1.36. The van der Waals surface area contributed by atoms with Gasteiger partial charge in [-0.2, -0.15) is 5.10 Å². The van der Waals surface area contributed by atoms with Gasteiger partial charge in [-0.3, -0.25) is 4.68 Å². The molecular formula is C9H16BrN3. The molecule has 74 valence electrons. The van der Waals surface area contributed by atoms with Crippen molar-refractivity contribution in [1.82, 2.24) is 9.78 Å². The summed E-state index contributed by atoms with van der Waals surface area (Å²) >= 11 is 3.53. The molecule has 3 nitrogen and oxygen atoms in total. The fourth-order valence-corrected chi connectivity index (χ4v) is 1.82. The van der Waals surface area contributed by atoms with E-state index in [-0.39, 0.29) is 0 Å². The molecule has 1 rings (SSSR count). The molecule has 0 aliphatic carbocycles. The molecule has 0 saturated heterocycles. The molecule has 0 unspecified atom stereocenters. The van der Waals surface area contributed by atoms with E-state index >= 15 is 0 Å². The smallest absolute Gasteiger partial charge is 0.0738 e. The van der Waals surface area contributed by atoms with Crippen LogP contribution in [-0.4, -0.2) is 16.3 Å². The van der Waals surface area contributed by atoms with Crippen molar-refractivity contribution in [1.29, 1.82) is 0 Å². The summed E-state index contributed by atoms with van der Waals surface area (Å²) in [6.07, 6.45) is 0.875. The second kappa shape index (κ2) is 4.24. The van der Waals surface area contributed by atoms with Crippen molar-refractivity contribution in [2.45, 2.75) is 33.2 Å². The van der Waals surface area contributed by atoms with E-state index in [0.717, 1.165) is 16.6 Å². The van der Waals surface area contributed by atoms with E-state index in [0.29, 0.717) is 12.6 Å². The molecule has 1 aromatic heterocycles. The highest BCUT2D eigenvalue weighted by molar-refractivity contribution is 9.10. The van der Waals surface area contributed by atoms with Crippen LogP contribution in [0.5, 0.6) is 0 Å². The van der Waals surface area contributed by atoms with Crippen molar-refractivity contribution in [3.8, 4) is 0 Å². The first-order valence-corrected chi connectivity index (χ1v) is 5.30. The Labute approximate surface area is 87.4 Å². The van der Waals surface area contributed by atoms with E-state index in [1.807, 2.05) is 11.6 Å². The third-order valence-electron chi connectivity index (χ3n) is 1.98. The van der Waals surface area contributed by atoms with E-state index in [2.05, 4.69) is 34.9 Å². The van der Waals surface area contributed by atoms with Crippen LogP contribution in [0, 0.1) is 6.92 Å². The molecule has 0 aliphatic rings. The Morgan fingerprint density at radius 1 is 1.54 bits per heavy atom. The van der Waals surface area contributed by atoms with Gasteiger partial charge < -0.3 is 5.73 Å². The minimum absolute atomic E-state index is 0.395. The highest BCUT2D eigenvalue weighted by atomic mass is 79.9. The van der Waals surface area contributed by atoms with Crippen LogP contribution in [0.15, 0.2) is 4.47 Å². The molecular weight excluding hydrogens is 230 g/mol. The predicted octanol–water partition coefficient (Wildman–Crippen LogP) is 2.04. The van der Waals surface area contributed by atoms with Crippen LogP contribution in [0.25, 0.3) is 0 Å². The quantitative estimate of drug-likeness (QED) is 0.886. The molecule has 0 aromatic carbocycles. The highest BCUT2D eigenvalue weighted by Crippen LogP contribution is 2.23. The second-order valence-electron chi connectivity index (χ2n) is 3.42. The number of halogens is 1. The maximum Gasteiger partial charge on any atom is 0.0738 e. The summed E-state index contributed by atoms with van der Waals surface area (Å²) < 4.78 is 3.14. The summed E-state index contributed by atoms with van der Waals surface area (Å²) in [5.74, 6) is 0. The van der Waals surface area contributed by atoms with Crippen molar-refractivity contribution < 1.29 is 0 Å². The van der Waals surface area contributed by atoms with E-state index in [1.165, 1.54) is 5.69 Å². The lowest BCUT2D eigenvalue weighted by atomic mass is 10.2. The number of nitrogens with two attached hydrogens (primary N) is 1. The summed E-state index contributed by atoms with van der Waals surface area (Å²) in [5.41, 5.74) is 7.79. The van der Waals surface area contributed by atoms with Gasteiger partial charge in [0.15, 0.2) is 0 Å². The third-order valence-corrected chi connectivity index (χ3v) is 3.01. The highest BCUT2D eigenvalue weighted by Gasteiger charge is 2.13. The molecule has 13 heavy (non-hydrogen) atoms. The van der Waals surface area contributed by atoms with Crippen LogP contribution in [0.2, 0.25) is 0 Å². The largest absolute Gasteiger partial charge is 0.330 e.